The molecule has 0 saturated heterocycles. The van der Waals surface area contributed by atoms with Gasteiger partial charge in [-0.25, -0.2) is 9.78 Å². The van der Waals surface area contributed by atoms with Crippen LogP contribution in [0, 0.1) is 0 Å². The molecule has 4 nitrogen and oxygen atoms in total. The number of aryl methyl sites for hydroxylation is 1. The second kappa shape index (κ2) is 14.0. The summed E-state index contributed by atoms with van der Waals surface area (Å²) in [6.45, 7) is 5.42. The number of unbranched alkanes of at least 4 members (excludes halogenated alkanes) is 5. The van der Waals surface area contributed by atoms with E-state index in [1.807, 2.05) is 18.7 Å². The van der Waals surface area contributed by atoms with Gasteiger partial charge >= 0.3 is 5.97 Å². The Bertz CT molecular complexity index is 316. The molecule has 20 heavy (non-hydrogen) atoms. The Morgan fingerprint density at radius 2 is 1.85 bits per heavy atom. The van der Waals surface area contributed by atoms with Gasteiger partial charge < -0.3 is 4.57 Å². The van der Waals surface area contributed by atoms with Crippen LogP contribution in [0.1, 0.15) is 65.2 Å². The maximum atomic E-state index is 11.1. The van der Waals surface area contributed by atoms with E-state index in [2.05, 4.69) is 28.3 Å². The van der Waals surface area contributed by atoms with Gasteiger partial charge in [-0.1, -0.05) is 46.0 Å². The van der Waals surface area contributed by atoms with E-state index in [4.69, 9.17) is 0 Å². The molecule has 116 valence electrons. The van der Waals surface area contributed by atoms with Crippen molar-refractivity contribution in [3.63, 3.8) is 0 Å². The van der Waals surface area contributed by atoms with Gasteiger partial charge in [0.15, 0.2) is 0 Å². The van der Waals surface area contributed by atoms with Crippen molar-refractivity contribution in [2.75, 3.05) is 0 Å². The summed E-state index contributed by atoms with van der Waals surface area (Å²) in [6.07, 6.45) is 13.6. The zero-order valence-corrected chi connectivity index (χ0v) is 12.7. The van der Waals surface area contributed by atoms with Crippen LogP contribution in [0.15, 0.2) is 18.7 Å². The van der Waals surface area contributed by atoms with Gasteiger partial charge in [0.25, 0.3) is 0 Å². The minimum atomic E-state index is -0.749. The molecule has 1 rings (SSSR count). The number of rotatable bonds is 9. The number of aromatic nitrogens is 2. The summed E-state index contributed by atoms with van der Waals surface area (Å²) in [4.78, 5) is 17.2. The van der Waals surface area contributed by atoms with E-state index < -0.39 is 5.97 Å². The number of halogens is 1. The Morgan fingerprint density at radius 1 is 1.15 bits per heavy atom. The lowest BCUT2D eigenvalue weighted by Crippen LogP contribution is -1.96. The van der Waals surface area contributed by atoms with Crippen molar-refractivity contribution in [2.45, 2.75) is 71.8 Å². The summed E-state index contributed by atoms with van der Waals surface area (Å²) in [7, 11) is 0. The molecule has 1 aromatic heterocycles. The third kappa shape index (κ3) is 11.7. The van der Waals surface area contributed by atoms with Crippen molar-refractivity contribution in [3.8, 4) is 0 Å². The van der Waals surface area contributed by atoms with Crippen molar-refractivity contribution in [3.05, 3.63) is 18.7 Å². The lowest BCUT2D eigenvalue weighted by molar-refractivity contribution is -0.183. The van der Waals surface area contributed by atoms with Crippen LogP contribution in [0.2, 0.25) is 0 Å². The van der Waals surface area contributed by atoms with Crippen molar-refractivity contribution >= 4 is 5.97 Å². The van der Waals surface area contributed by atoms with Gasteiger partial charge in [0.2, 0.25) is 0 Å². The lowest BCUT2D eigenvalue weighted by atomic mass is 10.1. The van der Waals surface area contributed by atoms with E-state index in [1.54, 1.807) is 0 Å². The summed E-state index contributed by atoms with van der Waals surface area (Å²) in [6, 6.07) is 0. The van der Waals surface area contributed by atoms with Crippen LogP contribution in [-0.4, -0.2) is 15.5 Å². The fourth-order valence-corrected chi connectivity index (χ4v) is 1.67. The molecule has 0 N–H and O–H groups in total. The maximum Gasteiger partial charge on any atom is 0.348 e. The molecule has 0 bridgehead atoms. The maximum absolute atomic E-state index is 11.1. The number of hydrogen-bond acceptors (Lipinski definition) is 3. The largest absolute Gasteiger partial charge is 0.348 e. The fourth-order valence-electron chi connectivity index (χ4n) is 1.67. The molecule has 1 aromatic rings. The molecule has 0 fully saturated rings. The van der Waals surface area contributed by atoms with Crippen molar-refractivity contribution in [1.29, 1.82) is 0 Å². The molecule has 0 unspecified atom stereocenters. The topological polar surface area (TPSA) is 44.1 Å². The van der Waals surface area contributed by atoms with E-state index in [0.717, 1.165) is 25.8 Å². The normalized spacial score (nSPS) is 9.75. The molecule has 0 aromatic carbocycles. The summed E-state index contributed by atoms with van der Waals surface area (Å²) >= 11 is 0. The van der Waals surface area contributed by atoms with Crippen molar-refractivity contribution < 1.29 is 14.3 Å². The van der Waals surface area contributed by atoms with Crippen molar-refractivity contribution in [2.24, 2.45) is 0 Å². The first-order valence-electron chi connectivity index (χ1n) is 7.51. The number of imidazole rings is 1. The average Bonchev–Trinajstić information content (AvgIpc) is 2.98. The minimum Gasteiger partial charge on any atom is -0.337 e. The van der Waals surface area contributed by atoms with Gasteiger partial charge in [-0.05, 0) is 12.8 Å². The van der Waals surface area contributed by atoms with E-state index >= 15 is 0 Å². The van der Waals surface area contributed by atoms with Gasteiger partial charge in [-0.15, -0.1) is 0 Å². The first-order chi connectivity index (χ1) is 9.74. The van der Waals surface area contributed by atoms with Gasteiger partial charge in [0.05, 0.1) is 6.33 Å². The van der Waals surface area contributed by atoms with Crippen LogP contribution in [0.5, 0.6) is 0 Å². The number of carbonyl (C=O) groups is 1. The highest BCUT2D eigenvalue weighted by atomic mass is 19.3. The fraction of sp³-hybridized carbons (Fsp3) is 0.733. The van der Waals surface area contributed by atoms with Crippen LogP contribution in [0.25, 0.3) is 0 Å². The second-order valence-corrected chi connectivity index (χ2v) is 4.77. The quantitative estimate of drug-likeness (QED) is 0.630. The summed E-state index contributed by atoms with van der Waals surface area (Å²) < 4.78 is 13.2. The molecule has 0 atom stereocenters. The molecule has 0 aliphatic heterocycles. The Balaban J connectivity index is 0.000000367. The van der Waals surface area contributed by atoms with Crippen molar-refractivity contribution in [1.82, 2.24) is 9.55 Å². The Hall–Kier alpha value is -1.39. The van der Waals surface area contributed by atoms with Crippen LogP contribution in [0.4, 0.5) is 4.53 Å². The van der Waals surface area contributed by atoms with Crippen LogP contribution >= 0.6 is 0 Å². The van der Waals surface area contributed by atoms with Gasteiger partial charge in [-0.2, -0.15) is 0 Å². The third-order valence-electron chi connectivity index (χ3n) is 2.90. The first-order valence-corrected chi connectivity index (χ1v) is 7.51. The minimum absolute atomic E-state index is 0.209. The zero-order chi connectivity index (χ0) is 15.1. The van der Waals surface area contributed by atoms with E-state index in [0.29, 0.717) is 0 Å². The SMILES string of the molecule is CCCCCCCC(=O)OF.CCCCn1ccnc1. The molecule has 0 aliphatic carbocycles. The Labute approximate surface area is 121 Å². The Kier molecular flexibility index (Phi) is 13.1. The molecule has 1 heterocycles. The summed E-state index contributed by atoms with van der Waals surface area (Å²) in [5.74, 6) is -0.749. The highest BCUT2D eigenvalue weighted by Crippen LogP contribution is 2.05. The van der Waals surface area contributed by atoms with Gasteiger partial charge in [0.1, 0.15) is 0 Å². The summed E-state index contributed by atoms with van der Waals surface area (Å²) in [5, 5.41) is 0. The van der Waals surface area contributed by atoms with Gasteiger partial charge in [0, 0.05) is 29.9 Å². The average molecular weight is 286 g/mol. The molecule has 0 amide bonds. The molecular formula is C15H27FN2O2. The predicted molar refractivity (Wildman–Crippen MR) is 77.7 cm³/mol. The van der Waals surface area contributed by atoms with E-state index in [9.17, 15) is 9.32 Å². The zero-order valence-electron chi connectivity index (χ0n) is 12.7. The molecule has 0 spiro atoms. The molecule has 0 aliphatic rings. The molecular weight excluding hydrogens is 259 g/mol. The molecule has 0 radical (unpaired) electrons. The lowest BCUT2D eigenvalue weighted by Gasteiger charge is -1.96. The van der Waals surface area contributed by atoms with Gasteiger partial charge in [-0.3, -0.25) is 4.94 Å². The smallest absolute Gasteiger partial charge is 0.337 e. The summed E-state index contributed by atoms with van der Waals surface area (Å²) in [5.41, 5.74) is 0. The highest BCUT2D eigenvalue weighted by molar-refractivity contribution is 5.68. The molecule has 5 heteroatoms. The number of carbonyl (C=O) groups excluding carboxylic acids is 1. The third-order valence-corrected chi connectivity index (χ3v) is 2.90. The number of nitrogens with zero attached hydrogens (tertiary/aromatic N) is 2. The molecule has 0 saturated carbocycles. The standard InChI is InChI=1S/C8H15FO2.C7H12N2/c1-2-3-4-5-6-7-8(10)11-9;1-2-3-5-9-6-4-8-7-9/h2-7H2,1H3;4,6-7H,2-3,5H2,1H3. The van der Waals surface area contributed by atoms with Crippen LogP contribution < -0.4 is 0 Å². The second-order valence-electron chi connectivity index (χ2n) is 4.77. The van der Waals surface area contributed by atoms with Crippen LogP contribution in [-0.2, 0) is 16.3 Å². The highest BCUT2D eigenvalue weighted by Gasteiger charge is 2.00. The monoisotopic (exact) mass is 286 g/mol. The predicted octanol–water partition coefficient (Wildman–Crippen LogP) is 4.46. The Morgan fingerprint density at radius 3 is 2.40 bits per heavy atom. The van der Waals surface area contributed by atoms with Crippen LogP contribution in [0.3, 0.4) is 0 Å². The van der Waals surface area contributed by atoms with E-state index in [-0.39, 0.29) is 6.42 Å². The number of hydrogen-bond donors (Lipinski definition) is 0. The first kappa shape index (κ1) is 18.6. The van der Waals surface area contributed by atoms with E-state index in [1.165, 1.54) is 25.7 Å².